The van der Waals surface area contributed by atoms with Gasteiger partial charge in [0, 0.05) is 6.42 Å². The smallest absolute Gasteiger partial charge is 0.392 e. The molecule has 1 aliphatic carbocycles. The van der Waals surface area contributed by atoms with E-state index in [-0.39, 0.29) is 0 Å². The van der Waals surface area contributed by atoms with Gasteiger partial charge in [0.15, 0.2) is 5.78 Å². The van der Waals surface area contributed by atoms with E-state index in [1.54, 1.807) is 0 Å². The van der Waals surface area contributed by atoms with Crippen LogP contribution in [0.5, 0.6) is 0 Å². The van der Waals surface area contributed by atoms with Gasteiger partial charge in [-0.2, -0.15) is 13.2 Å². The molecule has 0 bridgehead atoms. The summed E-state index contributed by atoms with van der Waals surface area (Å²) in [6, 6.07) is 0. The predicted octanol–water partition coefficient (Wildman–Crippen LogP) is 0.772. The fourth-order valence-corrected chi connectivity index (χ4v) is 1.09. The highest BCUT2D eigenvalue weighted by Gasteiger charge is 2.41. The summed E-state index contributed by atoms with van der Waals surface area (Å²) in [5, 5.41) is 10.6. The summed E-state index contributed by atoms with van der Waals surface area (Å²) in [6.07, 6.45) is -4.87. The number of carbonyl (C=O) groups is 1. The van der Waals surface area contributed by atoms with E-state index < -0.39 is 36.5 Å². The van der Waals surface area contributed by atoms with Gasteiger partial charge in [0.2, 0.25) is 0 Å². The Balaban J connectivity index is 2.74. The van der Waals surface area contributed by atoms with Crippen LogP contribution < -0.4 is 5.11 Å². The molecule has 0 spiro atoms. The number of rotatable bonds is 0. The number of carbonyl (C=O) groups excluding carboxylic acids is 1. The van der Waals surface area contributed by atoms with Crippen LogP contribution in [0.2, 0.25) is 0 Å². The van der Waals surface area contributed by atoms with Crippen molar-refractivity contribution in [2.45, 2.75) is 19.0 Å². The zero-order valence-electron chi connectivity index (χ0n) is 6.02. The number of hydrogen-bond acceptors (Lipinski definition) is 2. The molecule has 0 saturated heterocycles. The Hall–Kier alpha value is -1.00. The van der Waals surface area contributed by atoms with Crippen LogP contribution in [-0.4, -0.2) is 12.0 Å². The molecule has 0 aliphatic heterocycles. The monoisotopic (exact) mass is 179 g/mol. The summed E-state index contributed by atoms with van der Waals surface area (Å²) in [5.74, 6) is -3.23. The molecule has 1 rings (SSSR count). The van der Waals surface area contributed by atoms with E-state index in [2.05, 4.69) is 0 Å². The second-order valence-electron chi connectivity index (χ2n) is 2.72. The van der Waals surface area contributed by atoms with Crippen LogP contribution in [0.1, 0.15) is 12.8 Å². The second kappa shape index (κ2) is 2.80. The van der Waals surface area contributed by atoms with Crippen molar-refractivity contribution in [3.63, 3.8) is 0 Å². The van der Waals surface area contributed by atoms with Crippen molar-refractivity contribution in [1.29, 1.82) is 0 Å². The Morgan fingerprint density at radius 1 is 1.42 bits per heavy atom. The van der Waals surface area contributed by atoms with E-state index >= 15 is 0 Å². The van der Waals surface area contributed by atoms with Gasteiger partial charge in [-0.05, 0) is 12.5 Å². The van der Waals surface area contributed by atoms with Gasteiger partial charge in [-0.1, -0.05) is 0 Å². The van der Waals surface area contributed by atoms with Crippen LogP contribution >= 0.6 is 0 Å². The lowest BCUT2D eigenvalue weighted by Crippen LogP contribution is -2.30. The molecule has 0 radical (unpaired) electrons. The average Bonchev–Trinajstić information content (AvgIpc) is 1.82. The molecule has 0 fully saturated rings. The van der Waals surface area contributed by atoms with Gasteiger partial charge < -0.3 is 5.11 Å². The molecule has 0 heterocycles. The lowest BCUT2D eigenvalue weighted by molar-refractivity contribution is -0.314. The first-order chi connectivity index (χ1) is 5.39. The molecule has 5 heteroatoms. The van der Waals surface area contributed by atoms with Crippen LogP contribution in [0.3, 0.4) is 0 Å². The third kappa shape index (κ3) is 1.99. The molecule has 0 saturated carbocycles. The van der Waals surface area contributed by atoms with E-state index in [1.165, 1.54) is 0 Å². The van der Waals surface area contributed by atoms with Gasteiger partial charge in [0.05, 0.1) is 5.92 Å². The van der Waals surface area contributed by atoms with E-state index in [4.69, 9.17) is 0 Å². The number of halogens is 3. The lowest BCUT2D eigenvalue weighted by Gasteiger charge is -2.26. The third-order valence-electron chi connectivity index (χ3n) is 1.68. The van der Waals surface area contributed by atoms with Gasteiger partial charge >= 0.3 is 6.18 Å². The normalized spacial score (nSPS) is 25.4. The Labute approximate surface area is 66.7 Å². The van der Waals surface area contributed by atoms with Crippen molar-refractivity contribution in [1.82, 2.24) is 0 Å². The van der Waals surface area contributed by atoms with Crippen molar-refractivity contribution in [3.8, 4) is 0 Å². The SMILES string of the molecule is O=C1C=C([O-])CC(C(F)(F)F)C1. The molecule has 0 amide bonds. The van der Waals surface area contributed by atoms with Gasteiger partial charge in [-0.3, -0.25) is 4.79 Å². The van der Waals surface area contributed by atoms with Crippen molar-refractivity contribution < 1.29 is 23.1 Å². The molecular weight excluding hydrogens is 173 g/mol. The van der Waals surface area contributed by atoms with Crippen LogP contribution in [0, 0.1) is 5.92 Å². The number of hydrogen-bond donors (Lipinski definition) is 0. The van der Waals surface area contributed by atoms with Gasteiger partial charge in [0.1, 0.15) is 0 Å². The molecule has 0 aromatic heterocycles. The van der Waals surface area contributed by atoms with Gasteiger partial charge in [-0.25, -0.2) is 0 Å². The summed E-state index contributed by atoms with van der Waals surface area (Å²) < 4.78 is 35.9. The fourth-order valence-electron chi connectivity index (χ4n) is 1.09. The summed E-state index contributed by atoms with van der Waals surface area (Å²) in [5.41, 5.74) is 0. The molecule has 1 atom stereocenters. The molecule has 12 heavy (non-hydrogen) atoms. The van der Waals surface area contributed by atoms with Gasteiger partial charge in [-0.15, -0.1) is 5.76 Å². The third-order valence-corrected chi connectivity index (χ3v) is 1.68. The zero-order valence-corrected chi connectivity index (χ0v) is 6.02. The second-order valence-corrected chi connectivity index (χ2v) is 2.72. The quantitative estimate of drug-likeness (QED) is 0.551. The summed E-state index contributed by atoms with van der Waals surface area (Å²) >= 11 is 0. The standard InChI is InChI=1S/C7H7F3O2/c8-7(9,10)4-1-5(11)3-6(12)2-4/h3-4,11H,1-2H2/p-1. The number of ketones is 1. The summed E-state index contributed by atoms with van der Waals surface area (Å²) in [6.45, 7) is 0. The minimum Gasteiger partial charge on any atom is -0.875 e. The van der Waals surface area contributed by atoms with Crippen molar-refractivity contribution in [2.24, 2.45) is 5.92 Å². The largest absolute Gasteiger partial charge is 0.875 e. The van der Waals surface area contributed by atoms with Gasteiger partial charge in [0.25, 0.3) is 0 Å². The molecule has 1 aliphatic rings. The maximum Gasteiger partial charge on any atom is 0.392 e. The molecular formula is C7H6F3O2-. The maximum atomic E-state index is 12.0. The molecule has 2 nitrogen and oxygen atoms in total. The Bertz CT molecular complexity index is 229. The van der Waals surface area contributed by atoms with Crippen LogP contribution in [-0.2, 0) is 4.79 Å². The summed E-state index contributed by atoms with van der Waals surface area (Å²) in [7, 11) is 0. The van der Waals surface area contributed by atoms with Crippen LogP contribution in [0.25, 0.3) is 0 Å². The number of alkyl halides is 3. The molecule has 0 aromatic carbocycles. The Kier molecular flexibility index (Phi) is 2.12. The maximum absolute atomic E-state index is 12.0. The average molecular weight is 179 g/mol. The van der Waals surface area contributed by atoms with Crippen LogP contribution in [0.15, 0.2) is 11.8 Å². The first-order valence-corrected chi connectivity index (χ1v) is 3.36. The van der Waals surface area contributed by atoms with E-state index in [1.807, 2.05) is 0 Å². The van der Waals surface area contributed by atoms with Crippen LogP contribution in [0.4, 0.5) is 13.2 Å². The highest BCUT2D eigenvalue weighted by molar-refractivity contribution is 5.91. The molecule has 68 valence electrons. The van der Waals surface area contributed by atoms with Crippen molar-refractivity contribution in [3.05, 3.63) is 11.8 Å². The lowest BCUT2D eigenvalue weighted by atomic mass is 9.92. The highest BCUT2D eigenvalue weighted by Crippen LogP contribution is 2.34. The molecule has 0 N–H and O–H groups in total. The first kappa shape index (κ1) is 9.09. The van der Waals surface area contributed by atoms with Crippen molar-refractivity contribution in [2.75, 3.05) is 0 Å². The molecule has 0 aromatic rings. The van der Waals surface area contributed by atoms with E-state index in [9.17, 15) is 23.1 Å². The highest BCUT2D eigenvalue weighted by atomic mass is 19.4. The summed E-state index contributed by atoms with van der Waals surface area (Å²) in [4.78, 5) is 10.6. The topological polar surface area (TPSA) is 40.1 Å². The first-order valence-electron chi connectivity index (χ1n) is 3.36. The Morgan fingerprint density at radius 2 is 2.00 bits per heavy atom. The minimum absolute atomic E-state index is 0.588. The minimum atomic E-state index is -4.43. The number of allylic oxidation sites excluding steroid dienone is 2. The predicted molar refractivity (Wildman–Crippen MR) is 31.9 cm³/mol. The Morgan fingerprint density at radius 3 is 2.42 bits per heavy atom. The van der Waals surface area contributed by atoms with E-state index in [0.29, 0.717) is 0 Å². The fraction of sp³-hybridized carbons (Fsp3) is 0.571. The molecule has 1 unspecified atom stereocenters. The van der Waals surface area contributed by atoms with E-state index in [0.717, 1.165) is 6.08 Å². The van der Waals surface area contributed by atoms with Crippen molar-refractivity contribution >= 4 is 5.78 Å². The zero-order chi connectivity index (χ0) is 9.35.